The van der Waals surface area contributed by atoms with Gasteiger partial charge in [0.15, 0.2) is 0 Å². The first kappa shape index (κ1) is 13.9. The van der Waals surface area contributed by atoms with Crippen LogP contribution in [-0.4, -0.2) is 19.7 Å². The number of rotatable bonds is 4. The van der Waals surface area contributed by atoms with Crippen LogP contribution in [0.5, 0.6) is 5.75 Å². The van der Waals surface area contributed by atoms with Gasteiger partial charge < -0.3 is 10.1 Å². The number of methoxy groups -OCH3 is 1. The molecule has 1 aromatic rings. The number of hydrogen-bond acceptors (Lipinski definition) is 2. The summed E-state index contributed by atoms with van der Waals surface area (Å²) >= 11 is 3.59. The Morgan fingerprint density at radius 1 is 1.44 bits per heavy atom. The lowest BCUT2D eigenvalue weighted by molar-refractivity contribution is 0.406. The summed E-state index contributed by atoms with van der Waals surface area (Å²) < 4.78 is 6.65. The van der Waals surface area contributed by atoms with Crippen LogP contribution in [0.2, 0.25) is 0 Å². The summed E-state index contributed by atoms with van der Waals surface area (Å²) in [4.78, 5) is 0. The van der Waals surface area contributed by atoms with Crippen molar-refractivity contribution in [1.29, 1.82) is 0 Å². The summed E-state index contributed by atoms with van der Waals surface area (Å²) in [5.74, 6) is 1.50. The number of hydrogen-bond donors (Lipinski definition) is 1. The fraction of sp³-hybridized carbons (Fsp3) is 0.600. The maximum Gasteiger partial charge on any atom is 0.123 e. The molecule has 0 bridgehead atoms. The molecule has 1 aliphatic rings. The monoisotopic (exact) mass is 311 g/mol. The zero-order valence-corrected chi connectivity index (χ0v) is 13.0. The first-order valence-electron chi connectivity index (χ1n) is 6.71. The van der Waals surface area contributed by atoms with Gasteiger partial charge in [-0.15, -0.1) is 0 Å². The molecule has 1 fully saturated rings. The third-order valence-corrected chi connectivity index (χ3v) is 4.08. The standard InChI is InChI=1S/C15H22BrNO/c1-10(2)15-11(8-13-5-4-6-17-13)7-12(16)9-14(15)18-3/h7,9-10,13,17H,4-6,8H2,1-3H3. The molecule has 2 rings (SSSR count). The summed E-state index contributed by atoms with van der Waals surface area (Å²) in [5, 5.41) is 3.57. The quantitative estimate of drug-likeness (QED) is 0.911. The van der Waals surface area contributed by atoms with Gasteiger partial charge in [0, 0.05) is 10.5 Å². The Labute approximate surface area is 118 Å². The molecule has 0 aromatic heterocycles. The van der Waals surface area contributed by atoms with E-state index in [2.05, 4.69) is 47.2 Å². The van der Waals surface area contributed by atoms with Crippen LogP contribution in [0.3, 0.4) is 0 Å². The predicted molar refractivity (Wildman–Crippen MR) is 79.5 cm³/mol. The molecular formula is C15H22BrNO. The van der Waals surface area contributed by atoms with Crippen LogP contribution >= 0.6 is 15.9 Å². The van der Waals surface area contributed by atoms with Crippen molar-refractivity contribution < 1.29 is 4.74 Å². The normalized spacial score (nSPS) is 19.5. The molecule has 0 aliphatic carbocycles. The Hall–Kier alpha value is -0.540. The van der Waals surface area contributed by atoms with Gasteiger partial charge in [0.25, 0.3) is 0 Å². The highest BCUT2D eigenvalue weighted by molar-refractivity contribution is 9.10. The maximum absolute atomic E-state index is 5.54. The molecule has 18 heavy (non-hydrogen) atoms. The van der Waals surface area contributed by atoms with Crippen LogP contribution in [0.1, 0.15) is 43.7 Å². The number of nitrogens with one attached hydrogen (secondary N) is 1. The molecule has 1 unspecified atom stereocenters. The summed E-state index contributed by atoms with van der Waals surface area (Å²) in [7, 11) is 1.76. The molecule has 2 nitrogen and oxygen atoms in total. The third kappa shape index (κ3) is 3.07. The van der Waals surface area contributed by atoms with Gasteiger partial charge in [-0.2, -0.15) is 0 Å². The van der Waals surface area contributed by atoms with E-state index in [-0.39, 0.29) is 0 Å². The van der Waals surface area contributed by atoms with Crippen molar-refractivity contribution in [1.82, 2.24) is 5.32 Å². The van der Waals surface area contributed by atoms with E-state index in [1.165, 1.54) is 24.0 Å². The van der Waals surface area contributed by atoms with Crippen molar-refractivity contribution in [3.63, 3.8) is 0 Å². The lowest BCUT2D eigenvalue weighted by atomic mass is 9.92. The molecular weight excluding hydrogens is 290 g/mol. The highest BCUT2D eigenvalue weighted by atomic mass is 79.9. The van der Waals surface area contributed by atoms with Gasteiger partial charge in [-0.25, -0.2) is 0 Å². The molecule has 3 heteroatoms. The predicted octanol–water partition coefficient (Wildman–Crippen LogP) is 3.88. The lowest BCUT2D eigenvalue weighted by Gasteiger charge is -2.20. The Morgan fingerprint density at radius 3 is 2.78 bits per heavy atom. The lowest BCUT2D eigenvalue weighted by Crippen LogP contribution is -2.24. The van der Waals surface area contributed by atoms with Crippen molar-refractivity contribution in [3.05, 3.63) is 27.7 Å². The van der Waals surface area contributed by atoms with Gasteiger partial charge in [0.1, 0.15) is 5.75 Å². The van der Waals surface area contributed by atoms with Crippen LogP contribution in [0.4, 0.5) is 0 Å². The fourth-order valence-corrected chi connectivity index (χ4v) is 3.32. The minimum absolute atomic E-state index is 0.490. The van der Waals surface area contributed by atoms with Crippen LogP contribution in [-0.2, 0) is 6.42 Å². The molecule has 100 valence electrons. The second kappa shape index (κ2) is 6.07. The van der Waals surface area contributed by atoms with Gasteiger partial charge in [0.05, 0.1) is 7.11 Å². The first-order chi connectivity index (χ1) is 8.61. The minimum atomic E-state index is 0.490. The van der Waals surface area contributed by atoms with Crippen LogP contribution in [0.25, 0.3) is 0 Å². The summed E-state index contributed by atoms with van der Waals surface area (Å²) in [6.45, 7) is 5.63. The van der Waals surface area contributed by atoms with Crippen molar-refractivity contribution in [2.45, 2.75) is 45.1 Å². The minimum Gasteiger partial charge on any atom is -0.496 e. The topological polar surface area (TPSA) is 21.3 Å². The van der Waals surface area contributed by atoms with Gasteiger partial charge in [0.2, 0.25) is 0 Å². The number of benzene rings is 1. The average molecular weight is 312 g/mol. The van der Waals surface area contributed by atoms with E-state index in [0.29, 0.717) is 12.0 Å². The molecule has 0 spiro atoms. The van der Waals surface area contributed by atoms with Crippen molar-refractivity contribution in [3.8, 4) is 5.75 Å². The van der Waals surface area contributed by atoms with Crippen molar-refractivity contribution in [2.75, 3.05) is 13.7 Å². The van der Waals surface area contributed by atoms with E-state index < -0.39 is 0 Å². The van der Waals surface area contributed by atoms with Crippen molar-refractivity contribution >= 4 is 15.9 Å². The van der Waals surface area contributed by atoms with Crippen LogP contribution in [0.15, 0.2) is 16.6 Å². The summed E-state index contributed by atoms with van der Waals surface area (Å²) in [6, 6.07) is 4.94. The second-order valence-electron chi connectivity index (χ2n) is 5.33. The Morgan fingerprint density at radius 2 is 2.22 bits per heavy atom. The van der Waals surface area contributed by atoms with E-state index >= 15 is 0 Å². The molecule has 1 heterocycles. The number of halogens is 1. The molecule has 1 aliphatic heterocycles. The van der Waals surface area contributed by atoms with E-state index in [9.17, 15) is 0 Å². The molecule has 1 N–H and O–H groups in total. The molecule has 1 atom stereocenters. The Bertz CT molecular complexity index is 411. The van der Waals surface area contributed by atoms with Gasteiger partial charge in [-0.1, -0.05) is 29.8 Å². The highest BCUT2D eigenvalue weighted by Gasteiger charge is 2.20. The van der Waals surface area contributed by atoms with E-state index in [4.69, 9.17) is 4.74 Å². The third-order valence-electron chi connectivity index (χ3n) is 3.62. The van der Waals surface area contributed by atoms with E-state index in [1.807, 2.05) is 0 Å². The molecule has 0 amide bonds. The zero-order chi connectivity index (χ0) is 13.1. The molecule has 0 radical (unpaired) electrons. The van der Waals surface area contributed by atoms with E-state index in [0.717, 1.165) is 23.2 Å². The largest absolute Gasteiger partial charge is 0.496 e. The number of ether oxygens (including phenoxy) is 1. The Balaban J connectivity index is 2.33. The molecule has 0 saturated carbocycles. The average Bonchev–Trinajstić information content (AvgIpc) is 2.80. The Kier molecular flexibility index (Phi) is 4.68. The zero-order valence-electron chi connectivity index (χ0n) is 11.4. The molecule has 1 aromatic carbocycles. The first-order valence-corrected chi connectivity index (χ1v) is 7.50. The summed E-state index contributed by atoms with van der Waals surface area (Å²) in [5.41, 5.74) is 2.77. The maximum atomic E-state index is 5.54. The smallest absolute Gasteiger partial charge is 0.123 e. The van der Waals surface area contributed by atoms with Gasteiger partial charge in [-0.3, -0.25) is 0 Å². The van der Waals surface area contributed by atoms with E-state index in [1.54, 1.807) is 7.11 Å². The van der Waals surface area contributed by atoms with Gasteiger partial charge in [-0.05, 0) is 55.0 Å². The van der Waals surface area contributed by atoms with Gasteiger partial charge >= 0.3 is 0 Å². The van der Waals surface area contributed by atoms with Crippen LogP contribution < -0.4 is 10.1 Å². The van der Waals surface area contributed by atoms with Crippen LogP contribution in [0, 0.1) is 0 Å². The highest BCUT2D eigenvalue weighted by Crippen LogP contribution is 2.34. The molecule has 1 saturated heterocycles. The summed E-state index contributed by atoms with van der Waals surface area (Å²) in [6.07, 6.45) is 3.68. The van der Waals surface area contributed by atoms with Crippen molar-refractivity contribution in [2.24, 2.45) is 0 Å². The fourth-order valence-electron chi connectivity index (χ4n) is 2.84. The second-order valence-corrected chi connectivity index (χ2v) is 6.25. The SMILES string of the molecule is COc1cc(Br)cc(CC2CCCN2)c1C(C)C.